The molecular weight excluding hydrogens is 419 g/mol. The van der Waals surface area contributed by atoms with Crippen LogP contribution in [0.15, 0.2) is 66.7 Å². The average Bonchev–Trinajstić information content (AvgIpc) is 3.20. The third-order valence-corrected chi connectivity index (χ3v) is 5.81. The van der Waals surface area contributed by atoms with E-state index < -0.39 is 0 Å². The number of halogens is 1. The number of H-pyrrole nitrogens is 1. The third kappa shape index (κ3) is 4.85. The zero-order chi connectivity index (χ0) is 23.4. The summed E-state index contributed by atoms with van der Waals surface area (Å²) in [6.07, 6.45) is 0.815. The molecule has 1 aromatic heterocycles. The highest BCUT2D eigenvalue weighted by atomic mass is 19.1. The molecule has 0 spiro atoms. The van der Waals surface area contributed by atoms with E-state index in [-0.39, 0.29) is 11.7 Å². The van der Waals surface area contributed by atoms with Crippen LogP contribution in [0, 0.1) is 5.82 Å². The summed E-state index contributed by atoms with van der Waals surface area (Å²) in [7, 11) is 4.96. The van der Waals surface area contributed by atoms with Gasteiger partial charge in [0.25, 0.3) is 0 Å². The Morgan fingerprint density at radius 1 is 0.970 bits per heavy atom. The van der Waals surface area contributed by atoms with Crippen molar-refractivity contribution in [2.75, 3.05) is 21.3 Å². The topological polar surface area (TPSA) is 54.6 Å². The van der Waals surface area contributed by atoms with E-state index in [9.17, 15) is 9.18 Å². The lowest BCUT2D eigenvalue weighted by atomic mass is 10.0. The van der Waals surface area contributed by atoms with E-state index in [1.165, 1.54) is 12.1 Å². The van der Waals surface area contributed by atoms with Crippen molar-refractivity contribution >= 4 is 16.8 Å². The zero-order valence-corrected chi connectivity index (χ0v) is 19.0. The number of aryl methyl sites for hydroxylation is 1. The van der Waals surface area contributed by atoms with Gasteiger partial charge in [-0.05, 0) is 53.4 Å². The molecule has 6 heteroatoms. The average molecular weight is 447 g/mol. The molecule has 0 saturated carbocycles. The highest BCUT2D eigenvalue weighted by Gasteiger charge is 2.17. The van der Waals surface area contributed by atoms with Gasteiger partial charge in [-0.2, -0.15) is 0 Å². The Morgan fingerprint density at radius 2 is 1.73 bits per heavy atom. The monoisotopic (exact) mass is 446 g/mol. The van der Waals surface area contributed by atoms with Gasteiger partial charge in [0.1, 0.15) is 5.82 Å². The fourth-order valence-electron chi connectivity index (χ4n) is 4.09. The molecule has 0 fully saturated rings. The summed E-state index contributed by atoms with van der Waals surface area (Å²) in [6, 6.07) is 20.2. The van der Waals surface area contributed by atoms with Crippen molar-refractivity contribution in [1.82, 2.24) is 9.88 Å². The smallest absolute Gasteiger partial charge is 0.222 e. The molecule has 1 heterocycles. The maximum atomic E-state index is 14.0. The lowest BCUT2D eigenvalue weighted by molar-refractivity contribution is -0.130. The van der Waals surface area contributed by atoms with Gasteiger partial charge in [0.2, 0.25) is 5.91 Å². The van der Waals surface area contributed by atoms with Gasteiger partial charge in [0, 0.05) is 36.6 Å². The Kier molecular flexibility index (Phi) is 6.63. The van der Waals surface area contributed by atoms with Crippen molar-refractivity contribution in [3.05, 3.63) is 83.7 Å². The maximum Gasteiger partial charge on any atom is 0.222 e. The predicted octanol–water partition coefficient (Wildman–Crippen LogP) is 5.58. The molecule has 0 aliphatic rings. The summed E-state index contributed by atoms with van der Waals surface area (Å²) in [6.45, 7) is 0.452. The molecule has 1 amide bonds. The second-order valence-electron chi connectivity index (χ2n) is 7.97. The second kappa shape index (κ2) is 9.77. The molecule has 0 atom stereocenters. The number of benzene rings is 3. The van der Waals surface area contributed by atoms with Crippen LogP contribution in [0.5, 0.6) is 11.5 Å². The van der Waals surface area contributed by atoms with Gasteiger partial charge in [-0.3, -0.25) is 4.79 Å². The minimum atomic E-state index is -0.292. The number of aromatic amines is 1. The van der Waals surface area contributed by atoms with Crippen molar-refractivity contribution in [2.45, 2.75) is 19.4 Å². The van der Waals surface area contributed by atoms with Crippen LogP contribution in [0.2, 0.25) is 0 Å². The number of ether oxygens (including phenoxy) is 2. The van der Waals surface area contributed by atoms with Crippen LogP contribution in [0.25, 0.3) is 22.2 Å². The first-order valence-corrected chi connectivity index (χ1v) is 10.8. The minimum absolute atomic E-state index is 0.00884. The van der Waals surface area contributed by atoms with E-state index in [0.29, 0.717) is 30.9 Å². The summed E-state index contributed by atoms with van der Waals surface area (Å²) in [4.78, 5) is 18.1. The molecule has 5 nitrogen and oxygen atoms in total. The van der Waals surface area contributed by atoms with E-state index in [1.54, 1.807) is 32.2 Å². The Hall–Kier alpha value is -3.80. The predicted molar refractivity (Wildman–Crippen MR) is 128 cm³/mol. The number of rotatable bonds is 8. The number of nitrogens with zero attached hydrogens (tertiary/aromatic N) is 1. The van der Waals surface area contributed by atoms with Crippen LogP contribution < -0.4 is 9.47 Å². The first-order valence-electron chi connectivity index (χ1n) is 10.8. The number of methoxy groups -OCH3 is 2. The lowest BCUT2D eigenvalue weighted by Gasteiger charge is -2.18. The summed E-state index contributed by atoms with van der Waals surface area (Å²) < 4.78 is 24.6. The lowest BCUT2D eigenvalue weighted by Crippen LogP contribution is -2.26. The highest BCUT2D eigenvalue weighted by molar-refractivity contribution is 5.91. The van der Waals surface area contributed by atoms with Gasteiger partial charge in [0.05, 0.1) is 14.2 Å². The molecule has 1 N–H and O–H groups in total. The summed E-state index contributed by atoms with van der Waals surface area (Å²) in [5.74, 6) is 0.994. The molecule has 4 aromatic rings. The van der Waals surface area contributed by atoms with E-state index in [2.05, 4.69) is 4.98 Å². The Morgan fingerprint density at radius 3 is 2.45 bits per heavy atom. The molecule has 0 aliphatic heterocycles. The van der Waals surface area contributed by atoms with E-state index in [0.717, 1.165) is 33.3 Å². The molecule has 0 unspecified atom stereocenters. The maximum absolute atomic E-state index is 14.0. The van der Waals surface area contributed by atoms with E-state index in [1.807, 2.05) is 48.5 Å². The number of carbonyl (C=O) groups excluding carboxylic acids is 1. The Labute approximate surface area is 192 Å². The van der Waals surface area contributed by atoms with Crippen LogP contribution in [0.3, 0.4) is 0 Å². The van der Waals surface area contributed by atoms with Crippen molar-refractivity contribution in [1.29, 1.82) is 0 Å². The fourth-order valence-corrected chi connectivity index (χ4v) is 4.09. The van der Waals surface area contributed by atoms with Gasteiger partial charge >= 0.3 is 0 Å². The van der Waals surface area contributed by atoms with Gasteiger partial charge in [0.15, 0.2) is 11.5 Å². The SMILES string of the molecule is COc1ccc(CN(C)C(=O)CCc2c(-c3ccccc3)[nH]c3ccc(F)cc23)cc1OC. The zero-order valence-electron chi connectivity index (χ0n) is 19.0. The molecule has 0 bridgehead atoms. The number of amides is 1. The quantitative estimate of drug-likeness (QED) is 0.384. The second-order valence-corrected chi connectivity index (χ2v) is 7.97. The van der Waals surface area contributed by atoms with Crippen molar-refractivity contribution < 1.29 is 18.7 Å². The van der Waals surface area contributed by atoms with E-state index in [4.69, 9.17) is 9.47 Å². The number of nitrogens with one attached hydrogen (secondary N) is 1. The molecule has 170 valence electrons. The summed E-state index contributed by atoms with van der Waals surface area (Å²) >= 11 is 0. The standard InChI is InChI=1S/C27H27FN2O3/c1-30(17-18-9-13-24(32-2)25(15-18)33-3)26(31)14-11-21-22-16-20(28)10-12-23(22)29-27(21)19-7-5-4-6-8-19/h4-10,12-13,15-16,29H,11,14,17H2,1-3H3. The Bertz CT molecular complexity index is 1270. The van der Waals surface area contributed by atoms with Gasteiger partial charge in [-0.15, -0.1) is 0 Å². The van der Waals surface area contributed by atoms with Crippen LogP contribution in [0.4, 0.5) is 4.39 Å². The van der Waals surface area contributed by atoms with Crippen LogP contribution in [-0.4, -0.2) is 37.1 Å². The number of fused-ring (bicyclic) bond motifs is 1. The summed E-state index contributed by atoms with van der Waals surface area (Å²) in [5, 5.41) is 0.809. The molecule has 4 rings (SSSR count). The number of carbonyl (C=O) groups is 1. The number of aromatic nitrogens is 1. The molecule has 0 radical (unpaired) electrons. The molecular formula is C27H27FN2O3. The third-order valence-electron chi connectivity index (χ3n) is 5.81. The highest BCUT2D eigenvalue weighted by Crippen LogP contribution is 2.32. The number of hydrogen-bond acceptors (Lipinski definition) is 3. The number of hydrogen-bond donors (Lipinski definition) is 1. The molecule has 33 heavy (non-hydrogen) atoms. The van der Waals surface area contributed by atoms with Gasteiger partial charge < -0.3 is 19.4 Å². The van der Waals surface area contributed by atoms with Crippen molar-refractivity contribution in [3.8, 4) is 22.8 Å². The fraction of sp³-hybridized carbons (Fsp3) is 0.222. The van der Waals surface area contributed by atoms with Crippen LogP contribution in [0.1, 0.15) is 17.5 Å². The molecule has 0 saturated heterocycles. The molecule has 0 aliphatic carbocycles. The molecule has 3 aromatic carbocycles. The Balaban J connectivity index is 1.53. The van der Waals surface area contributed by atoms with Gasteiger partial charge in [-0.1, -0.05) is 36.4 Å². The first-order chi connectivity index (χ1) is 16.0. The minimum Gasteiger partial charge on any atom is -0.493 e. The first kappa shape index (κ1) is 22.4. The van der Waals surface area contributed by atoms with Gasteiger partial charge in [-0.25, -0.2) is 4.39 Å². The summed E-state index contributed by atoms with van der Waals surface area (Å²) in [5.41, 5.74) is 4.68. The van der Waals surface area contributed by atoms with Crippen molar-refractivity contribution in [2.24, 2.45) is 0 Å². The normalized spacial score (nSPS) is 10.9. The van der Waals surface area contributed by atoms with Crippen LogP contribution >= 0.6 is 0 Å². The van der Waals surface area contributed by atoms with E-state index >= 15 is 0 Å². The van der Waals surface area contributed by atoms with Crippen molar-refractivity contribution in [3.63, 3.8) is 0 Å². The largest absolute Gasteiger partial charge is 0.493 e. The van der Waals surface area contributed by atoms with Crippen LogP contribution in [-0.2, 0) is 17.8 Å².